The highest BCUT2D eigenvalue weighted by atomic mass is 35.5. The Labute approximate surface area is 140 Å². The fourth-order valence-electron chi connectivity index (χ4n) is 3.34. The third kappa shape index (κ3) is 2.96. The molecule has 5 heteroatoms. The van der Waals surface area contributed by atoms with Crippen molar-refractivity contribution in [2.45, 2.75) is 25.9 Å². The Bertz CT molecular complexity index is 827. The number of halogens is 1. The fraction of sp³-hybridized carbons (Fsp3) is 0.333. The summed E-state index contributed by atoms with van der Waals surface area (Å²) in [6, 6.07) is 7.98. The predicted molar refractivity (Wildman–Crippen MR) is 92.5 cm³/mol. The Kier molecular flexibility index (Phi) is 4.02. The van der Waals surface area contributed by atoms with Gasteiger partial charge in [0.25, 0.3) is 0 Å². The first-order valence-corrected chi connectivity index (χ1v) is 8.42. The van der Waals surface area contributed by atoms with Crippen LogP contribution in [0.1, 0.15) is 17.8 Å². The Morgan fingerprint density at radius 3 is 3.13 bits per heavy atom. The van der Waals surface area contributed by atoms with Gasteiger partial charge in [0, 0.05) is 48.5 Å². The van der Waals surface area contributed by atoms with Gasteiger partial charge in [0.2, 0.25) is 0 Å². The first kappa shape index (κ1) is 14.7. The van der Waals surface area contributed by atoms with E-state index in [-0.39, 0.29) is 0 Å². The van der Waals surface area contributed by atoms with E-state index in [0.717, 1.165) is 42.0 Å². The maximum atomic E-state index is 6.25. The Morgan fingerprint density at radius 2 is 2.17 bits per heavy atom. The smallest absolute Gasteiger partial charge is 0.108 e. The van der Waals surface area contributed by atoms with E-state index in [1.54, 1.807) is 0 Å². The minimum atomic E-state index is 0.649. The van der Waals surface area contributed by atoms with Crippen molar-refractivity contribution in [2.24, 2.45) is 5.92 Å². The number of fused-ring (bicyclic) bond motifs is 2. The van der Waals surface area contributed by atoms with Crippen molar-refractivity contribution in [1.82, 2.24) is 19.9 Å². The van der Waals surface area contributed by atoms with Crippen LogP contribution in [0.25, 0.3) is 10.9 Å². The van der Waals surface area contributed by atoms with Crippen molar-refractivity contribution in [1.29, 1.82) is 0 Å². The van der Waals surface area contributed by atoms with Crippen LogP contribution in [0.15, 0.2) is 42.9 Å². The fourth-order valence-corrected chi connectivity index (χ4v) is 3.56. The molecule has 0 fully saturated rings. The maximum Gasteiger partial charge on any atom is 0.108 e. The average molecular weight is 327 g/mol. The molecule has 0 saturated carbocycles. The van der Waals surface area contributed by atoms with Gasteiger partial charge in [-0.15, -0.1) is 0 Å². The Balaban J connectivity index is 1.42. The lowest BCUT2D eigenvalue weighted by Gasteiger charge is -2.23. The van der Waals surface area contributed by atoms with Gasteiger partial charge >= 0.3 is 0 Å². The lowest BCUT2D eigenvalue weighted by molar-refractivity contribution is 0.363. The van der Waals surface area contributed by atoms with E-state index in [0.29, 0.717) is 5.92 Å². The molecular weight excluding hydrogens is 308 g/mol. The predicted octanol–water partition coefficient (Wildman–Crippen LogP) is 3.44. The molecule has 0 aliphatic carbocycles. The van der Waals surface area contributed by atoms with Crippen LogP contribution in [0.2, 0.25) is 5.02 Å². The zero-order valence-corrected chi connectivity index (χ0v) is 13.6. The number of hydrogen-bond donors (Lipinski definition) is 1. The summed E-state index contributed by atoms with van der Waals surface area (Å²) in [5.74, 6) is 1.86. The normalized spacial score (nSPS) is 17.3. The van der Waals surface area contributed by atoms with Crippen molar-refractivity contribution in [3.8, 4) is 0 Å². The number of hydrogen-bond acceptors (Lipinski definition) is 3. The van der Waals surface area contributed by atoms with E-state index in [2.05, 4.69) is 32.1 Å². The van der Waals surface area contributed by atoms with Gasteiger partial charge in [-0.25, -0.2) is 4.98 Å². The summed E-state index contributed by atoms with van der Waals surface area (Å²) in [6.07, 6.45) is 8.06. The lowest BCUT2D eigenvalue weighted by Crippen LogP contribution is -2.29. The molecule has 3 aromatic rings. The van der Waals surface area contributed by atoms with Gasteiger partial charge in [0.15, 0.2) is 0 Å². The van der Waals surface area contributed by atoms with E-state index in [9.17, 15) is 0 Å². The van der Waals surface area contributed by atoms with Gasteiger partial charge in [0.1, 0.15) is 5.82 Å². The van der Waals surface area contributed by atoms with E-state index >= 15 is 0 Å². The van der Waals surface area contributed by atoms with Gasteiger partial charge < -0.3 is 9.88 Å². The zero-order valence-electron chi connectivity index (χ0n) is 12.9. The molecule has 0 spiro atoms. The lowest BCUT2D eigenvalue weighted by atomic mass is 9.97. The minimum Gasteiger partial charge on any atom is -0.335 e. The molecule has 0 radical (unpaired) electrons. The average Bonchev–Trinajstić information content (AvgIpc) is 3.05. The molecular formula is C18H19ClN4. The molecule has 1 aliphatic rings. The molecule has 3 heterocycles. The number of imidazole rings is 1. The molecule has 118 valence electrons. The van der Waals surface area contributed by atoms with E-state index < -0.39 is 0 Å². The molecule has 1 aliphatic heterocycles. The highest BCUT2D eigenvalue weighted by molar-refractivity contribution is 6.35. The molecule has 0 saturated heterocycles. The van der Waals surface area contributed by atoms with Crippen molar-refractivity contribution in [3.05, 3.63) is 59.3 Å². The number of nitrogens with one attached hydrogen (secondary N) is 1. The maximum absolute atomic E-state index is 6.25. The van der Waals surface area contributed by atoms with Crippen molar-refractivity contribution in [2.75, 3.05) is 6.54 Å². The van der Waals surface area contributed by atoms with E-state index in [4.69, 9.17) is 11.6 Å². The second-order valence-corrected chi connectivity index (χ2v) is 6.54. The topological polar surface area (TPSA) is 42.7 Å². The van der Waals surface area contributed by atoms with Crippen LogP contribution in [-0.2, 0) is 19.5 Å². The summed E-state index contributed by atoms with van der Waals surface area (Å²) in [5.41, 5.74) is 2.19. The number of aromatic nitrogens is 3. The molecule has 1 unspecified atom stereocenters. The van der Waals surface area contributed by atoms with Gasteiger partial charge in [-0.2, -0.15) is 0 Å². The third-order valence-electron chi connectivity index (χ3n) is 4.60. The van der Waals surface area contributed by atoms with E-state index in [1.807, 2.05) is 30.6 Å². The SMILES string of the molecule is Clc1ccc(CNCC2CCn3ccnc3C2)c2ncccc12. The van der Waals surface area contributed by atoms with Crippen LogP contribution in [0, 0.1) is 5.92 Å². The van der Waals surface area contributed by atoms with Crippen molar-refractivity contribution < 1.29 is 0 Å². The first-order chi connectivity index (χ1) is 11.3. The highest BCUT2D eigenvalue weighted by Gasteiger charge is 2.18. The summed E-state index contributed by atoms with van der Waals surface area (Å²) in [7, 11) is 0. The molecule has 4 rings (SSSR count). The van der Waals surface area contributed by atoms with Crippen LogP contribution < -0.4 is 5.32 Å². The summed E-state index contributed by atoms with van der Waals surface area (Å²) < 4.78 is 2.26. The number of aryl methyl sites for hydroxylation is 1. The monoisotopic (exact) mass is 326 g/mol. The molecule has 1 N–H and O–H groups in total. The van der Waals surface area contributed by atoms with Crippen LogP contribution in [0.4, 0.5) is 0 Å². The van der Waals surface area contributed by atoms with Gasteiger partial charge in [-0.3, -0.25) is 4.98 Å². The summed E-state index contributed by atoms with van der Waals surface area (Å²) in [4.78, 5) is 8.93. The molecule has 1 aromatic carbocycles. The third-order valence-corrected chi connectivity index (χ3v) is 4.93. The Morgan fingerprint density at radius 1 is 1.22 bits per heavy atom. The number of benzene rings is 1. The van der Waals surface area contributed by atoms with Crippen molar-refractivity contribution in [3.63, 3.8) is 0 Å². The molecule has 1 atom stereocenters. The van der Waals surface area contributed by atoms with Crippen LogP contribution in [-0.4, -0.2) is 21.1 Å². The standard InChI is InChI=1S/C18H19ClN4/c19-16-4-3-14(18-15(16)2-1-6-22-18)12-20-11-13-5-8-23-9-7-21-17(23)10-13/h1-4,6-7,9,13,20H,5,8,10-12H2. The molecule has 23 heavy (non-hydrogen) atoms. The van der Waals surface area contributed by atoms with Crippen molar-refractivity contribution >= 4 is 22.5 Å². The van der Waals surface area contributed by atoms with Gasteiger partial charge in [-0.05, 0) is 42.6 Å². The largest absolute Gasteiger partial charge is 0.335 e. The molecule has 2 aromatic heterocycles. The summed E-state index contributed by atoms with van der Waals surface area (Å²) >= 11 is 6.25. The van der Waals surface area contributed by atoms with Crippen LogP contribution in [0.5, 0.6) is 0 Å². The van der Waals surface area contributed by atoms with Gasteiger partial charge in [0.05, 0.1) is 5.52 Å². The number of pyridine rings is 1. The molecule has 0 bridgehead atoms. The van der Waals surface area contributed by atoms with Crippen LogP contribution in [0.3, 0.4) is 0 Å². The zero-order chi connectivity index (χ0) is 15.6. The van der Waals surface area contributed by atoms with Gasteiger partial charge in [-0.1, -0.05) is 17.7 Å². The van der Waals surface area contributed by atoms with E-state index in [1.165, 1.54) is 17.8 Å². The second kappa shape index (κ2) is 6.30. The quantitative estimate of drug-likeness (QED) is 0.798. The molecule has 4 nitrogen and oxygen atoms in total. The summed E-state index contributed by atoms with van der Waals surface area (Å²) in [6.45, 7) is 2.90. The first-order valence-electron chi connectivity index (χ1n) is 8.04. The second-order valence-electron chi connectivity index (χ2n) is 6.13. The number of nitrogens with zero attached hydrogens (tertiary/aromatic N) is 3. The Hall–Kier alpha value is -1.91. The highest BCUT2D eigenvalue weighted by Crippen LogP contribution is 2.25. The minimum absolute atomic E-state index is 0.649. The molecule has 0 amide bonds. The van der Waals surface area contributed by atoms with Crippen LogP contribution >= 0.6 is 11.6 Å². The number of rotatable bonds is 4. The summed E-state index contributed by atoms with van der Waals surface area (Å²) in [5, 5.41) is 5.37.